The number of benzene rings is 1. The Morgan fingerprint density at radius 2 is 1.57 bits per heavy atom. The Hall–Kier alpha value is -2.30. The summed E-state index contributed by atoms with van der Waals surface area (Å²) in [6.07, 6.45) is 2.37. The maximum atomic E-state index is 12.1. The summed E-state index contributed by atoms with van der Waals surface area (Å²) in [4.78, 5) is 26.0. The van der Waals surface area contributed by atoms with Crippen molar-refractivity contribution in [2.24, 2.45) is 0 Å². The average molecular weight is 319 g/mol. The molecule has 5 nitrogen and oxygen atoms in total. The molecule has 0 spiro atoms. The number of nitrogens with zero attached hydrogens (tertiary/aromatic N) is 1. The Balaban J connectivity index is 3.24. The van der Waals surface area contributed by atoms with Gasteiger partial charge in [-0.15, -0.1) is 0 Å². The minimum atomic E-state index is -0.668. The molecule has 0 aliphatic heterocycles. The molecular weight excluding hydrogens is 294 g/mol. The van der Waals surface area contributed by atoms with Gasteiger partial charge < -0.3 is 14.4 Å². The molecule has 5 heteroatoms. The monoisotopic (exact) mass is 319 g/mol. The minimum Gasteiger partial charge on any atom is -0.462 e. The quantitative estimate of drug-likeness (QED) is 0.319. The first-order valence-corrected chi connectivity index (χ1v) is 7.99. The summed E-state index contributed by atoms with van der Waals surface area (Å²) in [5.74, 6) is -1.34. The number of hydrogen-bond donors (Lipinski definition) is 0. The lowest BCUT2D eigenvalue weighted by Gasteiger charge is -2.22. The third-order valence-electron chi connectivity index (χ3n) is 3.30. The fraction of sp³-hybridized carbons (Fsp3) is 0.444. The third-order valence-corrected chi connectivity index (χ3v) is 3.30. The van der Waals surface area contributed by atoms with E-state index in [-0.39, 0.29) is 18.8 Å². The number of para-hydroxylation sites is 1. The normalized spacial score (nSPS) is 9.91. The standard InChI is InChI=1S/C18H25NO4/c1-5-14-11-9-10-12-16(14)19(6-2)13-15(17(20)22-7-3)18(21)23-8-4/h9-13H,5-8H2,1-4H3. The summed E-state index contributed by atoms with van der Waals surface area (Å²) in [5, 5.41) is 0. The molecule has 0 saturated carbocycles. The van der Waals surface area contributed by atoms with Crippen molar-refractivity contribution >= 4 is 17.6 Å². The Morgan fingerprint density at radius 1 is 1.00 bits per heavy atom. The first-order valence-electron chi connectivity index (χ1n) is 7.99. The van der Waals surface area contributed by atoms with Crippen molar-refractivity contribution in [1.82, 2.24) is 0 Å². The van der Waals surface area contributed by atoms with Gasteiger partial charge in [0, 0.05) is 18.4 Å². The number of aryl methyl sites for hydroxylation is 1. The van der Waals surface area contributed by atoms with E-state index in [0.717, 1.165) is 17.7 Å². The molecule has 0 aliphatic rings. The lowest BCUT2D eigenvalue weighted by Crippen LogP contribution is -2.24. The van der Waals surface area contributed by atoms with Gasteiger partial charge in [-0.2, -0.15) is 0 Å². The van der Waals surface area contributed by atoms with E-state index >= 15 is 0 Å². The molecule has 23 heavy (non-hydrogen) atoms. The predicted octanol–water partition coefficient (Wildman–Crippen LogP) is 3.09. The molecule has 0 aliphatic carbocycles. The molecule has 126 valence electrons. The molecule has 0 radical (unpaired) electrons. The van der Waals surface area contributed by atoms with Gasteiger partial charge in [0.1, 0.15) is 0 Å². The van der Waals surface area contributed by atoms with E-state index in [1.54, 1.807) is 13.8 Å². The Labute approximate surface area is 137 Å². The fourth-order valence-electron chi connectivity index (χ4n) is 2.18. The predicted molar refractivity (Wildman–Crippen MR) is 90.2 cm³/mol. The Morgan fingerprint density at radius 3 is 2.04 bits per heavy atom. The van der Waals surface area contributed by atoms with Gasteiger partial charge in [0.05, 0.1) is 13.2 Å². The molecule has 0 fully saturated rings. The molecule has 1 rings (SSSR count). The SMILES string of the molecule is CCOC(=O)C(=CN(CC)c1ccccc1CC)C(=O)OCC. The number of carbonyl (C=O) groups excluding carboxylic acids is 2. The number of anilines is 1. The van der Waals surface area contributed by atoms with Crippen LogP contribution in [0.1, 0.15) is 33.3 Å². The summed E-state index contributed by atoms with van der Waals surface area (Å²) in [5.41, 5.74) is 2.00. The molecule has 0 bridgehead atoms. The highest BCUT2D eigenvalue weighted by atomic mass is 16.6. The van der Waals surface area contributed by atoms with Gasteiger partial charge in [-0.05, 0) is 38.8 Å². The van der Waals surface area contributed by atoms with Crippen molar-refractivity contribution < 1.29 is 19.1 Å². The third kappa shape index (κ3) is 5.13. The summed E-state index contributed by atoms with van der Waals surface area (Å²) in [6.45, 7) is 8.43. The molecule has 0 aromatic heterocycles. The molecular formula is C18H25NO4. The fourth-order valence-corrected chi connectivity index (χ4v) is 2.18. The van der Waals surface area contributed by atoms with Crippen molar-refractivity contribution in [3.8, 4) is 0 Å². The zero-order valence-electron chi connectivity index (χ0n) is 14.3. The number of carbonyl (C=O) groups is 2. The van der Waals surface area contributed by atoms with E-state index < -0.39 is 11.9 Å². The first kappa shape index (κ1) is 18.7. The summed E-state index contributed by atoms with van der Waals surface area (Å²) >= 11 is 0. The smallest absolute Gasteiger partial charge is 0.347 e. The lowest BCUT2D eigenvalue weighted by atomic mass is 10.1. The van der Waals surface area contributed by atoms with Crippen molar-refractivity contribution in [3.63, 3.8) is 0 Å². The highest BCUT2D eigenvalue weighted by Crippen LogP contribution is 2.22. The van der Waals surface area contributed by atoms with Crippen LogP contribution in [-0.2, 0) is 25.5 Å². The van der Waals surface area contributed by atoms with Gasteiger partial charge in [-0.1, -0.05) is 25.1 Å². The van der Waals surface area contributed by atoms with Gasteiger partial charge in [0.15, 0.2) is 5.57 Å². The molecule has 1 aromatic carbocycles. The lowest BCUT2D eigenvalue weighted by molar-refractivity contribution is -0.146. The topological polar surface area (TPSA) is 55.8 Å². The van der Waals surface area contributed by atoms with Crippen molar-refractivity contribution in [1.29, 1.82) is 0 Å². The van der Waals surface area contributed by atoms with Crippen LogP contribution in [0.5, 0.6) is 0 Å². The van der Waals surface area contributed by atoms with E-state index in [4.69, 9.17) is 9.47 Å². The van der Waals surface area contributed by atoms with Gasteiger partial charge >= 0.3 is 11.9 Å². The van der Waals surface area contributed by atoms with E-state index in [0.29, 0.717) is 6.54 Å². The van der Waals surface area contributed by atoms with Crippen LogP contribution in [-0.4, -0.2) is 31.7 Å². The number of ether oxygens (including phenoxy) is 2. The molecule has 0 N–H and O–H groups in total. The number of rotatable bonds is 8. The highest BCUT2D eigenvalue weighted by Gasteiger charge is 2.22. The van der Waals surface area contributed by atoms with Crippen molar-refractivity contribution in [2.75, 3.05) is 24.7 Å². The Kier molecular flexibility index (Phi) is 7.88. The van der Waals surface area contributed by atoms with Crippen LogP contribution in [0.3, 0.4) is 0 Å². The van der Waals surface area contributed by atoms with Crippen LogP contribution in [0.4, 0.5) is 5.69 Å². The second kappa shape index (κ2) is 9.66. The highest BCUT2D eigenvalue weighted by molar-refractivity contribution is 6.14. The van der Waals surface area contributed by atoms with Gasteiger partial charge in [0.2, 0.25) is 0 Å². The van der Waals surface area contributed by atoms with Crippen LogP contribution < -0.4 is 4.90 Å². The second-order valence-electron chi connectivity index (χ2n) is 4.75. The van der Waals surface area contributed by atoms with Crippen LogP contribution in [0.2, 0.25) is 0 Å². The minimum absolute atomic E-state index is 0.0959. The molecule has 0 atom stereocenters. The number of esters is 2. The second-order valence-corrected chi connectivity index (χ2v) is 4.75. The van der Waals surface area contributed by atoms with E-state index in [9.17, 15) is 9.59 Å². The Bertz CT molecular complexity index is 546. The largest absolute Gasteiger partial charge is 0.462 e. The molecule has 0 amide bonds. The van der Waals surface area contributed by atoms with Crippen LogP contribution >= 0.6 is 0 Å². The zero-order valence-corrected chi connectivity index (χ0v) is 14.3. The van der Waals surface area contributed by atoms with Gasteiger partial charge in [-0.3, -0.25) is 0 Å². The van der Waals surface area contributed by atoms with Gasteiger partial charge in [0.25, 0.3) is 0 Å². The average Bonchev–Trinajstić information content (AvgIpc) is 2.56. The zero-order chi connectivity index (χ0) is 17.2. The molecule has 0 heterocycles. The van der Waals surface area contributed by atoms with E-state index in [2.05, 4.69) is 6.92 Å². The van der Waals surface area contributed by atoms with Crippen LogP contribution in [0.15, 0.2) is 36.0 Å². The van der Waals surface area contributed by atoms with Crippen molar-refractivity contribution in [3.05, 3.63) is 41.6 Å². The maximum absolute atomic E-state index is 12.1. The maximum Gasteiger partial charge on any atom is 0.347 e. The molecule has 1 aromatic rings. The first-order chi connectivity index (χ1) is 11.1. The van der Waals surface area contributed by atoms with Crippen molar-refractivity contribution in [2.45, 2.75) is 34.1 Å². The van der Waals surface area contributed by atoms with Crippen LogP contribution in [0, 0.1) is 0 Å². The number of hydrogen-bond acceptors (Lipinski definition) is 5. The van der Waals surface area contributed by atoms with E-state index in [1.165, 1.54) is 6.20 Å². The summed E-state index contributed by atoms with van der Waals surface area (Å²) in [7, 11) is 0. The summed E-state index contributed by atoms with van der Waals surface area (Å²) in [6, 6.07) is 7.89. The van der Waals surface area contributed by atoms with E-state index in [1.807, 2.05) is 36.1 Å². The van der Waals surface area contributed by atoms with Crippen LogP contribution in [0.25, 0.3) is 0 Å². The molecule has 0 saturated heterocycles. The summed E-state index contributed by atoms with van der Waals surface area (Å²) < 4.78 is 9.95. The van der Waals surface area contributed by atoms with Gasteiger partial charge in [-0.25, -0.2) is 9.59 Å². The molecule has 0 unspecified atom stereocenters.